The summed E-state index contributed by atoms with van der Waals surface area (Å²) in [7, 11) is 0. The van der Waals surface area contributed by atoms with Crippen LogP contribution in [0.3, 0.4) is 0 Å². The molecule has 0 aliphatic carbocycles. The molecule has 0 fully saturated rings. The highest BCUT2D eigenvalue weighted by Gasteiger charge is 2.18. The molecule has 0 aliphatic rings. The fourth-order valence-electron chi connectivity index (χ4n) is 2.06. The van der Waals surface area contributed by atoms with Crippen LogP contribution in [0, 0.1) is 12.8 Å². The first-order chi connectivity index (χ1) is 11.5. The van der Waals surface area contributed by atoms with Crippen LogP contribution in [-0.2, 0) is 0 Å². The molecule has 0 saturated heterocycles. The van der Waals surface area contributed by atoms with Crippen LogP contribution >= 0.6 is 23.6 Å². The van der Waals surface area contributed by atoms with Crippen molar-refractivity contribution in [3.05, 3.63) is 40.2 Å². The van der Waals surface area contributed by atoms with Crippen molar-refractivity contribution < 1.29 is 4.79 Å². The Morgan fingerprint density at radius 3 is 2.62 bits per heavy atom. The summed E-state index contributed by atoms with van der Waals surface area (Å²) >= 11 is 6.52. The predicted molar refractivity (Wildman–Crippen MR) is 103 cm³/mol. The first kappa shape index (κ1) is 18.4. The van der Waals surface area contributed by atoms with Crippen molar-refractivity contribution in [3.63, 3.8) is 0 Å². The minimum Gasteiger partial charge on any atom is -0.361 e. The van der Waals surface area contributed by atoms with Crippen molar-refractivity contribution >= 4 is 34.6 Å². The zero-order valence-electron chi connectivity index (χ0n) is 14.1. The van der Waals surface area contributed by atoms with Gasteiger partial charge < -0.3 is 5.32 Å². The van der Waals surface area contributed by atoms with Crippen LogP contribution in [0.1, 0.15) is 34.9 Å². The number of amides is 1. The van der Waals surface area contributed by atoms with Crippen molar-refractivity contribution in [2.75, 3.05) is 6.54 Å². The quantitative estimate of drug-likeness (QED) is 0.563. The van der Waals surface area contributed by atoms with E-state index in [0.717, 1.165) is 23.5 Å². The highest BCUT2D eigenvalue weighted by atomic mass is 32.1. The van der Waals surface area contributed by atoms with Gasteiger partial charge in [-0.1, -0.05) is 44.2 Å². The van der Waals surface area contributed by atoms with Crippen LogP contribution in [0.25, 0.3) is 11.3 Å². The molecule has 0 spiro atoms. The number of aromatic nitrogens is 1. The third kappa shape index (κ3) is 5.28. The lowest BCUT2D eigenvalue weighted by Gasteiger charge is -2.12. The average molecular weight is 363 g/mol. The number of hydrogen-bond acceptors (Lipinski definition) is 4. The molecule has 5 nitrogen and oxygen atoms in total. The van der Waals surface area contributed by atoms with Gasteiger partial charge in [-0.05, 0) is 31.5 Å². The number of nitrogens with zero attached hydrogens (tertiary/aromatic N) is 1. The Kier molecular flexibility index (Phi) is 6.69. The second-order valence-corrected chi connectivity index (χ2v) is 7.41. The van der Waals surface area contributed by atoms with Crippen molar-refractivity contribution in [3.8, 4) is 11.3 Å². The SMILES string of the molecule is Cc1nc(-c2ccccc2)c(C(=O)NNC(=S)NCCC(C)C)s1. The van der Waals surface area contributed by atoms with E-state index in [-0.39, 0.29) is 5.91 Å². The Balaban J connectivity index is 1.97. The van der Waals surface area contributed by atoms with E-state index in [4.69, 9.17) is 12.2 Å². The number of carbonyl (C=O) groups is 1. The number of aryl methyl sites for hydroxylation is 1. The molecule has 3 N–H and O–H groups in total. The molecule has 0 aliphatic heterocycles. The molecule has 0 unspecified atom stereocenters. The number of thiazole rings is 1. The van der Waals surface area contributed by atoms with Gasteiger partial charge in [0.05, 0.1) is 10.7 Å². The minimum absolute atomic E-state index is 0.243. The largest absolute Gasteiger partial charge is 0.361 e. The Hall–Kier alpha value is -1.99. The molecule has 1 amide bonds. The van der Waals surface area contributed by atoms with Crippen LogP contribution in [0.5, 0.6) is 0 Å². The van der Waals surface area contributed by atoms with Crippen molar-refractivity contribution in [2.24, 2.45) is 5.92 Å². The zero-order valence-corrected chi connectivity index (χ0v) is 15.7. The fraction of sp³-hybridized carbons (Fsp3) is 0.353. The summed E-state index contributed by atoms with van der Waals surface area (Å²) in [6, 6.07) is 9.67. The molecular formula is C17H22N4OS2. The minimum atomic E-state index is -0.243. The Morgan fingerprint density at radius 1 is 1.25 bits per heavy atom. The lowest BCUT2D eigenvalue weighted by molar-refractivity contribution is 0.0948. The van der Waals surface area contributed by atoms with Crippen LogP contribution in [0.2, 0.25) is 0 Å². The molecule has 1 aromatic heterocycles. The molecule has 0 radical (unpaired) electrons. The Labute approximate surface area is 151 Å². The van der Waals surface area contributed by atoms with Gasteiger partial charge in [-0.2, -0.15) is 0 Å². The molecule has 1 aromatic carbocycles. The normalized spacial score (nSPS) is 10.5. The van der Waals surface area contributed by atoms with Gasteiger partial charge in [0.15, 0.2) is 5.11 Å². The average Bonchev–Trinajstić information content (AvgIpc) is 2.95. The lowest BCUT2D eigenvalue weighted by atomic mass is 10.1. The molecule has 24 heavy (non-hydrogen) atoms. The fourth-order valence-corrected chi connectivity index (χ4v) is 3.05. The van der Waals surface area contributed by atoms with E-state index in [2.05, 4.69) is 35.0 Å². The van der Waals surface area contributed by atoms with Crippen LogP contribution in [-0.4, -0.2) is 22.5 Å². The summed E-state index contributed by atoms with van der Waals surface area (Å²) in [5.41, 5.74) is 6.99. The number of carbonyl (C=O) groups excluding carboxylic acids is 1. The van der Waals surface area contributed by atoms with Crippen molar-refractivity contribution in [2.45, 2.75) is 27.2 Å². The molecule has 0 atom stereocenters. The standard InChI is InChI=1S/C17H22N4OS2/c1-11(2)9-10-18-17(23)21-20-16(22)15-14(19-12(3)24-15)13-7-5-4-6-8-13/h4-8,11H,9-10H2,1-3H3,(H,20,22)(H2,18,21,23). The first-order valence-corrected chi connectivity index (χ1v) is 9.07. The van der Waals surface area contributed by atoms with Crippen LogP contribution < -0.4 is 16.2 Å². The van der Waals surface area contributed by atoms with E-state index in [1.165, 1.54) is 11.3 Å². The summed E-state index contributed by atoms with van der Waals surface area (Å²) in [5, 5.41) is 4.32. The van der Waals surface area contributed by atoms with E-state index in [0.29, 0.717) is 21.6 Å². The van der Waals surface area contributed by atoms with Crippen molar-refractivity contribution in [1.82, 2.24) is 21.2 Å². The molecule has 1 heterocycles. The monoisotopic (exact) mass is 362 g/mol. The molecule has 2 aromatic rings. The number of thiocarbonyl (C=S) groups is 1. The van der Waals surface area contributed by atoms with E-state index >= 15 is 0 Å². The second-order valence-electron chi connectivity index (χ2n) is 5.79. The van der Waals surface area contributed by atoms with Crippen molar-refractivity contribution in [1.29, 1.82) is 0 Å². The number of hydrazine groups is 1. The Bertz CT molecular complexity index is 698. The lowest BCUT2D eigenvalue weighted by Crippen LogP contribution is -2.47. The van der Waals surface area contributed by atoms with Gasteiger partial charge in [-0.25, -0.2) is 4.98 Å². The van der Waals surface area contributed by atoms with E-state index in [9.17, 15) is 4.79 Å². The number of benzene rings is 1. The van der Waals surface area contributed by atoms with Gasteiger partial charge in [0, 0.05) is 12.1 Å². The van der Waals surface area contributed by atoms with Gasteiger partial charge in [0.2, 0.25) is 0 Å². The zero-order chi connectivity index (χ0) is 17.5. The van der Waals surface area contributed by atoms with Gasteiger partial charge >= 0.3 is 0 Å². The summed E-state index contributed by atoms with van der Waals surface area (Å²) in [5.74, 6) is 0.357. The molecule has 0 saturated carbocycles. The third-order valence-electron chi connectivity index (χ3n) is 3.28. The van der Waals surface area contributed by atoms with Gasteiger partial charge in [-0.15, -0.1) is 11.3 Å². The maximum Gasteiger partial charge on any atom is 0.282 e. The van der Waals surface area contributed by atoms with E-state index in [1.54, 1.807) is 0 Å². The second kappa shape index (κ2) is 8.75. The number of rotatable bonds is 5. The summed E-state index contributed by atoms with van der Waals surface area (Å²) in [6.45, 7) is 6.96. The van der Waals surface area contributed by atoms with E-state index < -0.39 is 0 Å². The Morgan fingerprint density at radius 2 is 1.96 bits per heavy atom. The van der Waals surface area contributed by atoms with Crippen LogP contribution in [0.15, 0.2) is 30.3 Å². The summed E-state index contributed by atoms with van der Waals surface area (Å²) in [4.78, 5) is 17.5. The van der Waals surface area contributed by atoms with Gasteiger partial charge in [0.1, 0.15) is 4.88 Å². The molecule has 7 heteroatoms. The maximum atomic E-state index is 12.4. The summed E-state index contributed by atoms with van der Waals surface area (Å²) < 4.78 is 0. The third-order valence-corrected chi connectivity index (χ3v) is 4.50. The van der Waals surface area contributed by atoms with Crippen LogP contribution in [0.4, 0.5) is 0 Å². The van der Waals surface area contributed by atoms with E-state index in [1.807, 2.05) is 37.3 Å². The number of hydrogen-bond donors (Lipinski definition) is 3. The maximum absolute atomic E-state index is 12.4. The molecule has 2 rings (SSSR count). The van der Waals surface area contributed by atoms with Gasteiger partial charge in [-0.3, -0.25) is 15.6 Å². The molecular weight excluding hydrogens is 340 g/mol. The highest BCUT2D eigenvalue weighted by Crippen LogP contribution is 2.27. The van der Waals surface area contributed by atoms with Gasteiger partial charge in [0.25, 0.3) is 5.91 Å². The highest BCUT2D eigenvalue weighted by molar-refractivity contribution is 7.80. The predicted octanol–water partition coefficient (Wildman–Crippen LogP) is 3.27. The number of nitrogens with one attached hydrogen (secondary N) is 3. The molecule has 128 valence electrons. The first-order valence-electron chi connectivity index (χ1n) is 7.84. The smallest absolute Gasteiger partial charge is 0.282 e. The molecule has 0 bridgehead atoms. The topological polar surface area (TPSA) is 66.0 Å². The summed E-state index contributed by atoms with van der Waals surface area (Å²) in [6.07, 6.45) is 1.02.